The Morgan fingerprint density at radius 3 is 2.33 bits per heavy atom. The highest BCUT2D eigenvalue weighted by molar-refractivity contribution is 5.35. The maximum atomic E-state index is 3.66. The molecule has 2 aliphatic carbocycles. The van der Waals surface area contributed by atoms with Gasteiger partial charge < -0.3 is 5.32 Å². The third kappa shape index (κ3) is 2.09. The standard InChI is InChI=1S/C17H25N/c1-3-10-18-13-17(11-16(12-17)8-9-16)15-6-4-14(2)5-7-15/h4-7,18H,3,8-13H2,1-2H3. The molecule has 3 rings (SSSR count). The van der Waals surface area contributed by atoms with Crippen molar-refractivity contribution in [3.05, 3.63) is 35.4 Å². The first-order valence-corrected chi connectivity index (χ1v) is 7.46. The Kier molecular flexibility index (Phi) is 2.97. The fourth-order valence-electron chi connectivity index (χ4n) is 3.76. The molecular formula is C17H25N. The third-order valence-electron chi connectivity index (χ3n) is 4.94. The van der Waals surface area contributed by atoms with Crippen LogP contribution in [-0.2, 0) is 5.41 Å². The molecular weight excluding hydrogens is 218 g/mol. The van der Waals surface area contributed by atoms with Crippen LogP contribution < -0.4 is 5.32 Å². The summed E-state index contributed by atoms with van der Waals surface area (Å²) in [5, 5.41) is 3.66. The van der Waals surface area contributed by atoms with E-state index in [0.717, 1.165) is 12.0 Å². The Morgan fingerprint density at radius 1 is 1.11 bits per heavy atom. The van der Waals surface area contributed by atoms with Crippen LogP contribution >= 0.6 is 0 Å². The van der Waals surface area contributed by atoms with E-state index in [9.17, 15) is 0 Å². The van der Waals surface area contributed by atoms with Gasteiger partial charge in [-0.05, 0) is 56.6 Å². The van der Waals surface area contributed by atoms with Crippen molar-refractivity contribution in [2.75, 3.05) is 13.1 Å². The molecule has 0 amide bonds. The average molecular weight is 243 g/mol. The van der Waals surface area contributed by atoms with Crippen LogP contribution in [0, 0.1) is 12.3 Å². The second-order valence-corrected chi connectivity index (χ2v) is 6.68. The largest absolute Gasteiger partial charge is 0.316 e. The van der Waals surface area contributed by atoms with Crippen molar-refractivity contribution >= 4 is 0 Å². The Bertz CT molecular complexity index is 406. The molecule has 1 aromatic rings. The molecule has 1 heteroatoms. The molecule has 0 aromatic heterocycles. The Labute approximate surface area is 111 Å². The van der Waals surface area contributed by atoms with Gasteiger partial charge in [0.2, 0.25) is 0 Å². The maximum Gasteiger partial charge on any atom is 0.00883 e. The van der Waals surface area contributed by atoms with E-state index < -0.39 is 0 Å². The summed E-state index contributed by atoms with van der Waals surface area (Å²) in [6, 6.07) is 9.26. The average Bonchev–Trinajstić information content (AvgIpc) is 3.09. The molecule has 2 aliphatic rings. The summed E-state index contributed by atoms with van der Waals surface area (Å²) in [4.78, 5) is 0. The van der Waals surface area contributed by atoms with Crippen LogP contribution in [0.25, 0.3) is 0 Å². The van der Waals surface area contributed by atoms with E-state index in [0.29, 0.717) is 5.41 Å². The minimum atomic E-state index is 0.444. The number of aryl methyl sites for hydroxylation is 1. The quantitative estimate of drug-likeness (QED) is 0.776. The summed E-state index contributed by atoms with van der Waals surface area (Å²) in [6.07, 6.45) is 7.03. The Hall–Kier alpha value is -0.820. The van der Waals surface area contributed by atoms with Gasteiger partial charge in [-0.2, -0.15) is 0 Å². The van der Waals surface area contributed by atoms with Crippen molar-refractivity contribution in [2.45, 2.75) is 51.4 Å². The van der Waals surface area contributed by atoms with E-state index in [2.05, 4.69) is 43.4 Å². The SMILES string of the molecule is CCCNCC1(c2ccc(C)cc2)CC2(CC2)C1. The molecule has 0 saturated heterocycles. The van der Waals surface area contributed by atoms with Gasteiger partial charge in [-0.25, -0.2) is 0 Å². The lowest BCUT2D eigenvalue weighted by Gasteiger charge is -2.49. The van der Waals surface area contributed by atoms with E-state index >= 15 is 0 Å². The van der Waals surface area contributed by atoms with Gasteiger partial charge in [-0.15, -0.1) is 0 Å². The van der Waals surface area contributed by atoms with Crippen LogP contribution in [0.2, 0.25) is 0 Å². The lowest BCUT2D eigenvalue weighted by Crippen LogP contribution is -2.49. The third-order valence-corrected chi connectivity index (χ3v) is 4.94. The van der Waals surface area contributed by atoms with Gasteiger partial charge in [0, 0.05) is 12.0 Å². The highest BCUT2D eigenvalue weighted by Crippen LogP contribution is 2.68. The molecule has 2 saturated carbocycles. The van der Waals surface area contributed by atoms with E-state index in [1.165, 1.54) is 44.2 Å². The smallest absolute Gasteiger partial charge is 0.00883 e. The fraction of sp³-hybridized carbons (Fsp3) is 0.647. The van der Waals surface area contributed by atoms with Gasteiger partial charge in [0.05, 0.1) is 0 Å². The lowest BCUT2D eigenvalue weighted by atomic mass is 9.56. The summed E-state index contributed by atoms with van der Waals surface area (Å²) in [6.45, 7) is 6.75. The molecule has 1 N–H and O–H groups in total. The number of hydrogen-bond donors (Lipinski definition) is 1. The minimum absolute atomic E-state index is 0.444. The highest BCUT2D eigenvalue weighted by Gasteiger charge is 2.60. The molecule has 1 aromatic carbocycles. The molecule has 0 unspecified atom stereocenters. The molecule has 0 bridgehead atoms. The summed E-state index contributed by atoms with van der Waals surface area (Å²) in [5.74, 6) is 0. The molecule has 0 atom stereocenters. The minimum Gasteiger partial charge on any atom is -0.316 e. The van der Waals surface area contributed by atoms with E-state index in [-0.39, 0.29) is 0 Å². The van der Waals surface area contributed by atoms with Crippen molar-refractivity contribution in [1.29, 1.82) is 0 Å². The Balaban J connectivity index is 1.75. The molecule has 0 heterocycles. The van der Waals surface area contributed by atoms with E-state index in [1.54, 1.807) is 5.56 Å². The van der Waals surface area contributed by atoms with Crippen molar-refractivity contribution in [1.82, 2.24) is 5.32 Å². The van der Waals surface area contributed by atoms with Crippen LogP contribution in [-0.4, -0.2) is 13.1 Å². The normalized spacial score (nSPS) is 22.8. The summed E-state index contributed by atoms with van der Waals surface area (Å²) < 4.78 is 0. The van der Waals surface area contributed by atoms with Crippen LogP contribution in [0.15, 0.2) is 24.3 Å². The van der Waals surface area contributed by atoms with Crippen molar-refractivity contribution in [2.24, 2.45) is 5.41 Å². The molecule has 1 spiro atoms. The molecule has 0 radical (unpaired) electrons. The summed E-state index contributed by atoms with van der Waals surface area (Å²) >= 11 is 0. The number of nitrogens with one attached hydrogen (secondary N) is 1. The second-order valence-electron chi connectivity index (χ2n) is 6.68. The number of hydrogen-bond acceptors (Lipinski definition) is 1. The van der Waals surface area contributed by atoms with Gasteiger partial charge in [0.15, 0.2) is 0 Å². The van der Waals surface area contributed by atoms with Gasteiger partial charge in [0.1, 0.15) is 0 Å². The maximum absolute atomic E-state index is 3.66. The zero-order chi connectivity index (χ0) is 12.6. The predicted molar refractivity (Wildman–Crippen MR) is 76.9 cm³/mol. The van der Waals surface area contributed by atoms with Crippen LogP contribution in [0.3, 0.4) is 0 Å². The van der Waals surface area contributed by atoms with E-state index in [1.807, 2.05) is 0 Å². The summed E-state index contributed by atoms with van der Waals surface area (Å²) in [7, 11) is 0. The van der Waals surface area contributed by atoms with Crippen LogP contribution in [0.1, 0.15) is 50.2 Å². The molecule has 98 valence electrons. The van der Waals surface area contributed by atoms with Crippen molar-refractivity contribution < 1.29 is 0 Å². The molecule has 1 nitrogen and oxygen atoms in total. The molecule has 2 fully saturated rings. The van der Waals surface area contributed by atoms with Gasteiger partial charge in [-0.1, -0.05) is 36.8 Å². The Morgan fingerprint density at radius 2 is 1.78 bits per heavy atom. The van der Waals surface area contributed by atoms with Gasteiger partial charge in [0.25, 0.3) is 0 Å². The fourth-order valence-corrected chi connectivity index (χ4v) is 3.76. The van der Waals surface area contributed by atoms with Crippen molar-refractivity contribution in [3.8, 4) is 0 Å². The molecule has 18 heavy (non-hydrogen) atoms. The highest BCUT2D eigenvalue weighted by atomic mass is 14.9. The first kappa shape index (κ1) is 12.2. The van der Waals surface area contributed by atoms with Crippen LogP contribution in [0.4, 0.5) is 0 Å². The first-order valence-electron chi connectivity index (χ1n) is 7.46. The van der Waals surface area contributed by atoms with Gasteiger partial charge in [-0.3, -0.25) is 0 Å². The summed E-state index contributed by atoms with van der Waals surface area (Å²) in [5.41, 5.74) is 4.14. The number of benzene rings is 1. The topological polar surface area (TPSA) is 12.0 Å². The molecule has 0 aliphatic heterocycles. The van der Waals surface area contributed by atoms with E-state index in [4.69, 9.17) is 0 Å². The first-order chi connectivity index (χ1) is 8.68. The monoisotopic (exact) mass is 243 g/mol. The van der Waals surface area contributed by atoms with Crippen molar-refractivity contribution in [3.63, 3.8) is 0 Å². The lowest BCUT2D eigenvalue weighted by molar-refractivity contribution is 0.116. The zero-order valence-corrected chi connectivity index (χ0v) is 11.8. The zero-order valence-electron chi connectivity index (χ0n) is 11.8. The van der Waals surface area contributed by atoms with Crippen LogP contribution in [0.5, 0.6) is 0 Å². The number of rotatable bonds is 5. The second kappa shape index (κ2) is 4.38. The predicted octanol–water partition coefficient (Wildman–Crippen LogP) is 3.81. The van der Waals surface area contributed by atoms with Gasteiger partial charge >= 0.3 is 0 Å².